The van der Waals surface area contributed by atoms with E-state index in [2.05, 4.69) is 183 Å². The Bertz CT molecular complexity index is 1290. The maximum Gasteiger partial charge on any atom is 0.306 e. The minimum absolute atomic E-state index is 0.227. The van der Waals surface area contributed by atoms with Crippen molar-refractivity contribution in [3.05, 3.63) is 144 Å². The summed E-state index contributed by atoms with van der Waals surface area (Å²) in [7, 11) is 2.40. The number of nitrogens with one attached hydrogen (secondary N) is 2. The summed E-state index contributed by atoms with van der Waals surface area (Å²) >= 11 is 0. The standard InChI is InChI=1S/C38H48N4P/c1-7-29(3)35-37(31-21-13-9-14-22-31,32-23-15-10-16-24-32)39-43(41(35)5)40-38(33-25-17-11-18-26-33,34-27-19-12-20-28-34)36(42(43)6)30(4)8-2/h9-30,35-36,39-40H,7-8H2,1-6H3/q+1/t29-,30-,35-,36-,43?/m0/s1. The Balaban J connectivity index is 1.66. The van der Waals surface area contributed by atoms with Crippen LogP contribution in [0.3, 0.4) is 0 Å². The van der Waals surface area contributed by atoms with Gasteiger partial charge in [0.05, 0.1) is 12.1 Å². The van der Waals surface area contributed by atoms with Crippen molar-refractivity contribution in [3.63, 3.8) is 0 Å². The Morgan fingerprint density at radius 1 is 0.535 bits per heavy atom. The van der Waals surface area contributed by atoms with Gasteiger partial charge in [-0.2, -0.15) is 0 Å². The second kappa shape index (κ2) is 11.9. The molecule has 6 rings (SSSR count). The fraction of sp³-hybridized carbons (Fsp3) is 0.368. The first kappa shape index (κ1) is 30.2. The molecule has 0 aromatic heterocycles. The average molecular weight is 592 g/mol. The van der Waals surface area contributed by atoms with Crippen LogP contribution in [0.2, 0.25) is 0 Å². The average Bonchev–Trinajstić information content (AvgIpc) is 3.50. The second-order valence-electron chi connectivity index (χ2n) is 12.7. The molecule has 4 atom stereocenters. The Morgan fingerprint density at radius 3 is 1.02 bits per heavy atom. The molecule has 0 aliphatic carbocycles. The summed E-state index contributed by atoms with van der Waals surface area (Å²) in [5.74, 6) is 0.885. The number of rotatable bonds is 8. The molecule has 4 nitrogen and oxygen atoms in total. The summed E-state index contributed by atoms with van der Waals surface area (Å²) < 4.78 is 5.48. The van der Waals surface area contributed by atoms with Crippen LogP contribution in [0.5, 0.6) is 0 Å². The Labute approximate surface area is 260 Å². The molecule has 0 amide bonds. The van der Waals surface area contributed by atoms with Crippen molar-refractivity contribution < 1.29 is 0 Å². The van der Waals surface area contributed by atoms with Gasteiger partial charge in [-0.25, -0.2) is 0 Å². The molecule has 2 saturated heterocycles. The Kier molecular flexibility index (Phi) is 8.37. The van der Waals surface area contributed by atoms with Crippen molar-refractivity contribution in [1.29, 1.82) is 0 Å². The fourth-order valence-corrected chi connectivity index (χ4v) is 12.6. The zero-order valence-electron chi connectivity index (χ0n) is 26.6. The minimum Gasteiger partial charge on any atom is -0.130 e. The van der Waals surface area contributed by atoms with Gasteiger partial charge in [0.1, 0.15) is 11.1 Å². The molecule has 0 saturated carbocycles. The lowest BCUT2D eigenvalue weighted by atomic mass is 9.73. The molecule has 0 radical (unpaired) electrons. The molecule has 224 valence electrons. The summed E-state index contributed by atoms with van der Waals surface area (Å²) in [5, 5.41) is 9.06. The normalized spacial score (nSPS) is 24.2. The third kappa shape index (κ3) is 4.54. The van der Waals surface area contributed by atoms with E-state index in [1.165, 1.54) is 22.3 Å². The summed E-state index contributed by atoms with van der Waals surface area (Å²) in [6, 6.07) is 45.2. The SMILES string of the molecule is CC[C@H](C)[C@@H]1N(C)[P+]2(NC1(c1ccccc1)c1ccccc1)NC(c1ccccc1)(c1ccccc1)[C@H]([C@@H](C)CC)N2C. The molecule has 0 bridgehead atoms. The topological polar surface area (TPSA) is 30.5 Å². The zero-order valence-corrected chi connectivity index (χ0v) is 27.5. The molecule has 0 unspecified atom stereocenters. The van der Waals surface area contributed by atoms with Crippen molar-refractivity contribution in [2.24, 2.45) is 11.8 Å². The van der Waals surface area contributed by atoms with E-state index in [9.17, 15) is 0 Å². The zero-order chi connectivity index (χ0) is 30.2. The lowest BCUT2D eigenvalue weighted by Crippen LogP contribution is -2.50. The molecule has 2 N–H and O–H groups in total. The van der Waals surface area contributed by atoms with E-state index < -0.39 is 18.9 Å². The number of nitrogens with zero attached hydrogens (tertiary/aromatic N) is 2. The van der Waals surface area contributed by atoms with E-state index in [0.29, 0.717) is 11.8 Å². The molecule has 4 aromatic rings. The van der Waals surface area contributed by atoms with Crippen LogP contribution in [-0.4, -0.2) is 35.5 Å². The third-order valence-corrected chi connectivity index (χ3v) is 14.2. The van der Waals surface area contributed by atoms with Gasteiger partial charge in [-0.05, 0) is 34.1 Å². The highest BCUT2D eigenvalue weighted by Crippen LogP contribution is 2.75. The van der Waals surface area contributed by atoms with E-state index in [4.69, 9.17) is 0 Å². The highest BCUT2D eigenvalue weighted by molar-refractivity contribution is 7.68. The van der Waals surface area contributed by atoms with Crippen LogP contribution in [0, 0.1) is 11.8 Å². The van der Waals surface area contributed by atoms with Gasteiger partial charge < -0.3 is 0 Å². The molecule has 2 fully saturated rings. The summed E-state index contributed by atoms with van der Waals surface area (Å²) in [4.78, 5) is 0. The van der Waals surface area contributed by atoms with Crippen molar-refractivity contribution in [2.45, 2.75) is 63.7 Å². The summed E-state index contributed by atoms with van der Waals surface area (Å²) in [5.41, 5.74) is 4.49. The predicted molar refractivity (Wildman–Crippen MR) is 183 cm³/mol. The molecule has 4 aromatic carbocycles. The van der Waals surface area contributed by atoms with Gasteiger partial charge in [0.25, 0.3) is 0 Å². The van der Waals surface area contributed by atoms with Crippen LogP contribution in [0.15, 0.2) is 121 Å². The van der Waals surface area contributed by atoms with E-state index in [1.54, 1.807) is 0 Å². The number of benzene rings is 4. The first-order chi connectivity index (χ1) is 20.9. The van der Waals surface area contributed by atoms with Crippen molar-refractivity contribution in [2.75, 3.05) is 14.1 Å². The fourth-order valence-electron chi connectivity index (χ4n) is 8.23. The number of likely N-dealkylation sites (N-methyl/N-ethyl adjacent to an activating group) is 2. The molecule has 1 spiro atoms. The molecule has 2 heterocycles. The summed E-state index contributed by atoms with van der Waals surface area (Å²) in [6.07, 6.45) is 2.19. The van der Waals surface area contributed by atoms with Crippen LogP contribution < -0.4 is 10.2 Å². The third-order valence-electron chi connectivity index (χ3n) is 10.6. The van der Waals surface area contributed by atoms with Crippen LogP contribution >= 0.6 is 7.87 Å². The van der Waals surface area contributed by atoms with Gasteiger partial charge in [-0.15, -0.1) is 19.5 Å². The van der Waals surface area contributed by atoms with Crippen molar-refractivity contribution in [3.8, 4) is 0 Å². The van der Waals surface area contributed by atoms with E-state index in [0.717, 1.165) is 12.8 Å². The largest absolute Gasteiger partial charge is 0.306 e. The van der Waals surface area contributed by atoms with Crippen LogP contribution in [0.1, 0.15) is 62.8 Å². The second-order valence-corrected chi connectivity index (χ2v) is 15.6. The maximum atomic E-state index is 4.53. The van der Waals surface area contributed by atoms with E-state index >= 15 is 0 Å². The monoisotopic (exact) mass is 591 g/mol. The van der Waals surface area contributed by atoms with Crippen molar-refractivity contribution in [1.82, 2.24) is 19.5 Å². The smallest absolute Gasteiger partial charge is 0.130 e. The lowest BCUT2D eigenvalue weighted by Gasteiger charge is -2.37. The maximum absolute atomic E-state index is 4.53. The van der Waals surface area contributed by atoms with Crippen LogP contribution in [0.4, 0.5) is 0 Å². The Hall–Kier alpha value is -2.85. The van der Waals surface area contributed by atoms with Gasteiger partial charge in [0, 0.05) is 14.1 Å². The van der Waals surface area contributed by atoms with E-state index in [1.807, 2.05) is 0 Å². The molecule has 2 aliphatic rings. The minimum atomic E-state index is -2.36. The first-order valence-corrected chi connectivity index (χ1v) is 17.7. The first-order valence-electron chi connectivity index (χ1n) is 16.0. The lowest BCUT2D eigenvalue weighted by molar-refractivity contribution is 0.203. The quantitative estimate of drug-likeness (QED) is 0.201. The van der Waals surface area contributed by atoms with E-state index in [-0.39, 0.29) is 12.1 Å². The van der Waals surface area contributed by atoms with Gasteiger partial charge in [0.2, 0.25) is 0 Å². The van der Waals surface area contributed by atoms with Crippen LogP contribution in [0.25, 0.3) is 0 Å². The Morgan fingerprint density at radius 2 is 0.791 bits per heavy atom. The number of hydrogen-bond acceptors (Lipinski definition) is 4. The van der Waals surface area contributed by atoms with Gasteiger partial charge >= 0.3 is 7.87 Å². The molecular formula is C38H48N4P+. The van der Waals surface area contributed by atoms with Crippen molar-refractivity contribution >= 4 is 7.87 Å². The highest BCUT2D eigenvalue weighted by Gasteiger charge is 2.77. The predicted octanol–water partition coefficient (Wildman–Crippen LogP) is 8.45. The van der Waals surface area contributed by atoms with Gasteiger partial charge in [-0.1, -0.05) is 162 Å². The summed E-state index contributed by atoms with van der Waals surface area (Å²) in [6.45, 7) is 9.56. The van der Waals surface area contributed by atoms with Gasteiger partial charge in [0.15, 0.2) is 0 Å². The highest BCUT2D eigenvalue weighted by atomic mass is 31.2. The molecule has 43 heavy (non-hydrogen) atoms. The number of hydrogen-bond donors (Lipinski definition) is 2. The molecular weight excluding hydrogens is 543 g/mol. The molecule has 2 aliphatic heterocycles. The van der Waals surface area contributed by atoms with Gasteiger partial charge in [-0.3, -0.25) is 0 Å². The molecule has 5 heteroatoms. The van der Waals surface area contributed by atoms with Crippen LogP contribution in [-0.2, 0) is 11.1 Å².